The number of allylic oxidation sites excluding steroid dienone is 2. The van der Waals surface area contributed by atoms with Gasteiger partial charge in [0, 0.05) is 20.0 Å². The number of aliphatic hydroxyl groups is 2. The van der Waals surface area contributed by atoms with Crippen LogP contribution in [0.4, 0.5) is 0 Å². The molecule has 1 heterocycles. The van der Waals surface area contributed by atoms with Gasteiger partial charge in [0.25, 0.3) is 0 Å². The molecule has 164 valence electrons. The number of carbonyl (C=O) groups is 1. The second-order valence-electron chi connectivity index (χ2n) is 7.76. The van der Waals surface area contributed by atoms with Gasteiger partial charge < -0.3 is 15.3 Å². The summed E-state index contributed by atoms with van der Waals surface area (Å²) < 4.78 is 1.12. The molecule has 1 aromatic rings. The van der Waals surface area contributed by atoms with Crippen molar-refractivity contribution in [2.45, 2.75) is 51.1 Å². The molecule has 1 aromatic heterocycles. The van der Waals surface area contributed by atoms with Crippen LogP contribution in [-0.4, -0.2) is 52.8 Å². The van der Waals surface area contributed by atoms with Crippen molar-refractivity contribution in [3.63, 3.8) is 0 Å². The molecule has 2 rings (SSSR count). The molecule has 3 N–H and O–H groups in total. The molecule has 4 nitrogen and oxygen atoms in total. The summed E-state index contributed by atoms with van der Waals surface area (Å²) >= 11 is 6.63. The van der Waals surface area contributed by atoms with Crippen molar-refractivity contribution >= 4 is 52.8 Å². The lowest BCUT2D eigenvalue weighted by molar-refractivity contribution is -0.133. The predicted octanol–water partition coefficient (Wildman–Crippen LogP) is 4.63. The van der Waals surface area contributed by atoms with Crippen LogP contribution in [-0.2, 0) is 11.2 Å². The minimum absolute atomic E-state index is 0.0682. The van der Waals surface area contributed by atoms with Crippen molar-refractivity contribution in [2.75, 3.05) is 11.5 Å². The molecule has 1 aliphatic rings. The minimum Gasteiger partial charge on any atom is -0.481 e. The fraction of sp³-hybridized carbons (Fsp3) is 0.591. The van der Waals surface area contributed by atoms with Crippen LogP contribution in [0, 0.1) is 24.7 Å². The summed E-state index contributed by atoms with van der Waals surface area (Å²) in [5.41, 5.74) is 0. The zero-order valence-electron chi connectivity index (χ0n) is 17.2. The van der Waals surface area contributed by atoms with Gasteiger partial charge in [-0.1, -0.05) is 30.6 Å². The number of hydrogen-bond acceptors (Lipinski definition) is 5. The van der Waals surface area contributed by atoms with Crippen LogP contribution in [0.15, 0.2) is 34.8 Å². The second kappa shape index (κ2) is 13.1. The number of carboxylic acid groups (broad SMARTS) is 1. The van der Waals surface area contributed by atoms with Crippen molar-refractivity contribution in [1.82, 2.24) is 0 Å². The molecule has 1 saturated carbocycles. The van der Waals surface area contributed by atoms with Crippen LogP contribution in [0.2, 0.25) is 6.32 Å². The third-order valence-corrected chi connectivity index (χ3v) is 8.62. The van der Waals surface area contributed by atoms with E-state index in [0.29, 0.717) is 24.9 Å². The molecule has 8 heteroatoms. The quantitative estimate of drug-likeness (QED) is 0.216. The van der Waals surface area contributed by atoms with Gasteiger partial charge in [-0.2, -0.15) is 0 Å². The van der Waals surface area contributed by atoms with E-state index in [1.165, 1.54) is 21.5 Å². The van der Waals surface area contributed by atoms with E-state index in [-0.39, 0.29) is 23.5 Å². The van der Waals surface area contributed by atoms with E-state index >= 15 is 0 Å². The topological polar surface area (TPSA) is 77.8 Å². The summed E-state index contributed by atoms with van der Waals surface area (Å²) in [7, 11) is 5.94. The molecule has 0 aromatic carbocycles. The van der Waals surface area contributed by atoms with E-state index in [9.17, 15) is 15.0 Å². The van der Waals surface area contributed by atoms with Crippen LogP contribution in [0.1, 0.15) is 29.0 Å². The van der Waals surface area contributed by atoms with E-state index in [0.717, 1.165) is 17.3 Å². The van der Waals surface area contributed by atoms with Gasteiger partial charge in [-0.3, -0.25) is 4.79 Å². The van der Waals surface area contributed by atoms with Crippen LogP contribution < -0.4 is 0 Å². The van der Waals surface area contributed by atoms with E-state index in [1.807, 2.05) is 24.3 Å². The minimum atomic E-state index is -0.809. The van der Waals surface area contributed by atoms with E-state index in [4.69, 9.17) is 13.0 Å². The van der Waals surface area contributed by atoms with Crippen LogP contribution in [0.3, 0.4) is 0 Å². The van der Waals surface area contributed by atoms with Gasteiger partial charge >= 0.3 is 5.97 Å². The molecule has 2 radical (unpaired) electrons. The first kappa shape index (κ1) is 25.7. The molecule has 5 atom stereocenters. The number of halogens is 1. The maximum absolute atomic E-state index is 10.5. The highest BCUT2D eigenvalue weighted by Gasteiger charge is 2.39. The standard InChI is InChI=1S/C22H30BBrO4S2/c1-14-20(24)11-17(30-14)7-5-16(25)6-8-18-15(12-23)10-21(26)19(18)4-2-3-9-29-13-22(27)28/h2-3,6,8,11,15-16,18-19,21,25-26H,4-5,7,9-10,12-13H2,1H3,(H,27,28)/b3-2-,8-6+/t15-,16-,18-,19+,21?/m0/s1. The Hall–Kier alpha value is -0.535. The first-order valence-electron chi connectivity index (χ1n) is 10.3. The van der Waals surface area contributed by atoms with E-state index < -0.39 is 18.2 Å². The summed E-state index contributed by atoms with van der Waals surface area (Å²) in [5.74, 6) is 0.340. The lowest BCUT2D eigenvalue weighted by atomic mass is 9.80. The number of carboxylic acids is 1. The fourth-order valence-electron chi connectivity index (χ4n) is 3.94. The van der Waals surface area contributed by atoms with Crippen molar-refractivity contribution in [2.24, 2.45) is 17.8 Å². The highest BCUT2D eigenvalue weighted by Crippen LogP contribution is 2.42. The highest BCUT2D eigenvalue weighted by atomic mass is 79.9. The van der Waals surface area contributed by atoms with Gasteiger partial charge in [-0.05, 0) is 72.4 Å². The normalized spacial score (nSPS) is 25.5. The first-order valence-corrected chi connectivity index (χ1v) is 13.0. The van der Waals surface area contributed by atoms with Crippen LogP contribution >= 0.6 is 39.0 Å². The monoisotopic (exact) mass is 512 g/mol. The van der Waals surface area contributed by atoms with Crippen molar-refractivity contribution in [3.05, 3.63) is 44.6 Å². The summed E-state index contributed by atoms with van der Waals surface area (Å²) in [6.45, 7) is 2.08. The first-order chi connectivity index (χ1) is 14.3. The van der Waals surface area contributed by atoms with Crippen LogP contribution in [0.5, 0.6) is 0 Å². The molecule has 0 aliphatic heterocycles. The lowest BCUT2D eigenvalue weighted by Crippen LogP contribution is -2.19. The largest absolute Gasteiger partial charge is 0.481 e. The summed E-state index contributed by atoms with van der Waals surface area (Å²) in [6.07, 6.45) is 10.4. The fourth-order valence-corrected chi connectivity index (χ4v) is 6.12. The third kappa shape index (κ3) is 8.19. The Bertz CT molecular complexity index is 717. The summed E-state index contributed by atoms with van der Waals surface area (Å²) in [5, 5.41) is 29.6. The molecule has 1 aliphatic carbocycles. The Labute approximate surface area is 197 Å². The zero-order valence-corrected chi connectivity index (χ0v) is 20.5. The average molecular weight is 513 g/mol. The molecular formula is C22H30BBrO4S2. The number of thiophene rings is 1. The van der Waals surface area contributed by atoms with Gasteiger partial charge in [0.15, 0.2) is 0 Å². The summed E-state index contributed by atoms with van der Waals surface area (Å²) in [6, 6.07) is 2.12. The van der Waals surface area contributed by atoms with Gasteiger partial charge in [0.2, 0.25) is 0 Å². The number of aliphatic carboxylic acids is 1. The molecule has 30 heavy (non-hydrogen) atoms. The zero-order chi connectivity index (χ0) is 22.1. The number of thioether (sulfide) groups is 1. The van der Waals surface area contributed by atoms with Gasteiger partial charge in [0.05, 0.1) is 25.8 Å². The van der Waals surface area contributed by atoms with Gasteiger partial charge in [-0.25, -0.2) is 0 Å². The molecule has 0 bridgehead atoms. The number of rotatable bonds is 12. The number of hydrogen-bond donors (Lipinski definition) is 3. The van der Waals surface area contributed by atoms with Crippen molar-refractivity contribution in [1.29, 1.82) is 0 Å². The molecule has 0 amide bonds. The predicted molar refractivity (Wildman–Crippen MR) is 131 cm³/mol. The number of aryl methyl sites for hydroxylation is 2. The van der Waals surface area contributed by atoms with E-state index in [2.05, 4.69) is 28.9 Å². The maximum Gasteiger partial charge on any atom is 0.313 e. The highest BCUT2D eigenvalue weighted by molar-refractivity contribution is 9.10. The smallest absolute Gasteiger partial charge is 0.313 e. The summed E-state index contributed by atoms with van der Waals surface area (Å²) in [4.78, 5) is 13.1. The van der Waals surface area contributed by atoms with Crippen LogP contribution in [0.25, 0.3) is 0 Å². The molecule has 1 fully saturated rings. The van der Waals surface area contributed by atoms with Gasteiger partial charge in [0.1, 0.15) is 0 Å². The Morgan fingerprint density at radius 3 is 2.87 bits per heavy atom. The number of aliphatic hydroxyl groups excluding tert-OH is 2. The molecular weight excluding hydrogens is 483 g/mol. The maximum atomic E-state index is 10.5. The Morgan fingerprint density at radius 1 is 1.47 bits per heavy atom. The van der Waals surface area contributed by atoms with E-state index in [1.54, 1.807) is 11.3 Å². The Morgan fingerprint density at radius 2 is 2.23 bits per heavy atom. The SMILES string of the molecule is [B]C[C@@H]1CC(O)[C@H](C/C=C\CSCC(=O)O)[C@H]1/C=C/[C@@H](O)CCc1cc(Br)c(C)s1. The second-order valence-corrected chi connectivity index (χ2v) is 11.0. The van der Waals surface area contributed by atoms with Gasteiger partial charge in [-0.15, -0.1) is 23.1 Å². The van der Waals surface area contributed by atoms with Crippen molar-refractivity contribution in [3.8, 4) is 0 Å². The van der Waals surface area contributed by atoms with Crippen molar-refractivity contribution < 1.29 is 20.1 Å². The molecule has 0 spiro atoms. The Kier molecular flexibility index (Phi) is 11.2. The average Bonchev–Trinajstić information content (AvgIpc) is 3.19. The lowest BCUT2D eigenvalue weighted by Gasteiger charge is -2.21. The third-order valence-electron chi connectivity index (χ3n) is 5.54. The Balaban J connectivity index is 1.88. The molecule has 0 saturated heterocycles. The molecule has 1 unspecified atom stereocenters.